The summed E-state index contributed by atoms with van der Waals surface area (Å²) in [4.78, 5) is 14.3. The van der Waals surface area contributed by atoms with E-state index in [1.165, 1.54) is 6.07 Å². The van der Waals surface area contributed by atoms with E-state index >= 15 is 0 Å². The highest BCUT2D eigenvalue weighted by molar-refractivity contribution is 5.95. The lowest BCUT2D eigenvalue weighted by Gasteiger charge is -2.22. The zero-order chi connectivity index (χ0) is 18.0. The predicted octanol–water partition coefficient (Wildman–Crippen LogP) is 3.73. The fourth-order valence-electron chi connectivity index (χ4n) is 3.19. The first-order chi connectivity index (χ1) is 12.0. The second-order valence-corrected chi connectivity index (χ2v) is 6.91. The number of nitrogens with two attached hydrogens (primary N) is 1. The molecular weight excluding hydrogens is 355 g/mol. The fourth-order valence-corrected chi connectivity index (χ4v) is 3.19. The maximum absolute atomic E-state index is 14.6. The Labute approximate surface area is 159 Å². The lowest BCUT2D eigenvalue weighted by molar-refractivity contribution is 0.0772. The van der Waals surface area contributed by atoms with Gasteiger partial charge in [-0.3, -0.25) is 4.79 Å². The molecule has 1 saturated heterocycles. The Balaban J connectivity index is 0.00000243. The number of hydrogen-bond acceptors (Lipinski definition) is 3. The molecule has 140 valence electrons. The topological polar surface area (TPSA) is 55.6 Å². The van der Waals surface area contributed by atoms with E-state index in [2.05, 4.69) is 6.92 Å². The van der Waals surface area contributed by atoms with Gasteiger partial charge in [0.15, 0.2) is 0 Å². The molecule has 1 aliphatic rings. The standard InChI is InChI=1S/C20H23FN2O2.ClH/c1-20(12-22)9-10-23(13-20)19(24)17-8-5-15(11-18(17)21)14-3-6-16(25-2)7-4-14;/h3-8,11H,9-10,12-13,22H2,1-2H3;1H. The average Bonchev–Trinajstić information content (AvgIpc) is 3.04. The van der Waals surface area contributed by atoms with E-state index in [1.54, 1.807) is 24.1 Å². The van der Waals surface area contributed by atoms with E-state index < -0.39 is 5.82 Å². The van der Waals surface area contributed by atoms with Crippen LogP contribution >= 0.6 is 12.4 Å². The van der Waals surface area contributed by atoms with Crippen LogP contribution in [-0.4, -0.2) is 37.6 Å². The van der Waals surface area contributed by atoms with Crippen LogP contribution in [0.5, 0.6) is 5.75 Å². The van der Waals surface area contributed by atoms with Gasteiger partial charge in [0.2, 0.25) is 0 Å². The van der Waals surface area contributed by atoms with E-state index in [4.69, 9.17) is 10.5 Å². The van der Waals surface area contributed by atoms with Crippen molar-refractivity contribution in [1.82, 2.24) is 4.90 Å². The second kappa shape index (κ2) is 8.06. The maximum atomic E-state index is 14.6. The summed E-state index contributed by atoms with van der Waals surface area (Å²) in [5, 5.41) is 0. The highest BCUT2D eigenvalue weighted by Gasteiger charge is 2.35. The Kier molecular flexibility index (Phi) is 6.26. The molecule has 0 saturated carbocycles. The normalized spacial score (nSPS) is 19.2. The molecule has 2 N–H and O–H groups in total. The summed E-state index contributed by atoms with van der Waals surface area (Å²) in [5.41, 5.74) is 7.42. The van der Waals surface area contributed by atoms with Gasteiger partial charge in [0.25, 0.3) is 5.91 Å². The van der Waals surface area contributed by atoms with Crippen molar-refractivity contribution >= 4 is 18.3 Å². The number of halogens is 2. The van der Waals surface area contributed by atoms with Crippen LogP contribution < -0.4 is 10.5 Å². The minimum absolute atomic E-state index is 0. The molecule has 0 radical (unpaired) electrons. The van der Waals surface area contributed by atoms with E-state index in [9.17, 15) is 9.18 Å². The molecule has 26 heavy (non-hydrogen) atoms. The van der Waals surface area contributed by atoms with E-state index in [-0.39, 0.29) is 29.3 Å². The molecule has 0 aliphatic carbocycles. The van der Waals surface area contributed by atoms with Crippen LogP contribution in [0.4, 0.5) is 4.39 Å². The van der Waals surface area contributed by atoms with Crippen LogP contribution in [0.25, 0.3) is 11.1 Å². The minimum atomic E-state index is -0.500. The number of likely N-dealkylation sites (tertiary alicyclic amines) is 1. The number of ether oxygens (including phenoxy) is 1. The van der Waals surface area contributed by atoms with Crippen molar-refractivity contribution in [2.24, 2.45) is 11.1 Å². The Morgan fingerprint density at radius 3 is 2.42 bits per heavy atom. The van der Waals surface area contributed by atoms with E-state index in [0.29, 0.717) is 19.6 Å². The van der Waals surface area contributed by atoms with Gasteiger partial charge >= 0.3 is 0 Å². The van der Waals surface area contributed by atoms with Crippen molar-refractivity contribution in [3.8, 4) is 16.9 Å². The van der Waals surface area contributed by atoms with Crippen LogP contribution in [-0.2, 0) is 0 Å². The number of amides is 1. The van der Waals surface area contributed by atoms with Gasteiger partial charge in [-0.1, -0.05) is 25.1 Å². The number of benzene rings is 2. The molecule has 4 nitrogen and oxygen atoms in total. The summed E-state index contributed by atoms with van der Waals surface area (Å²) in [6.07, 6.45) is 0.848. The predicted molar refractivity (Wildman–Crippen MR) is 103 cm³/mol. The number of methoxy groups -OCH3 is 1. The van der Waals surface area contributed by atoms with E-state index in [1.807, 2.05) is 24.3 Å². The molecule has 1 atom stereocenters. The van der Waals surface area contributed by atoms with Crippen LogP contribution in [0.15, 0.2) is 42.5 Å². The van der Waals surface area contributed by atoms with Crippen molar-refractivity contribution in [3.63, 3.8) is 0 Å². The summed E-state index contributed by atoms with van der Waals surface area (Å²) in [6.45, 7) is 3.77. The summed E-state index contributed by atoms with van der Waals surface area (Å²) in [6, 6.07) is 12.1. The smallest absolute Gasteiger partial charge is 0.256 e. The molecule has 2 aromatic rings. The minimum Gasteiger partial charge on any atom is -0.497 e. The SMILES string of the molecule is COc1ccc(-c2ccc(C(=O)N3CCC(C)(CN)C3)c(F)c2)cc1.Cl. The first-order valence-corrected chi connectivity index (χ1v) is 8.39. The molecule has 1 heterocycles. The van der Waals surface area contributed by atoms with Gasteiger partial charge in [0, 0.05) is 13.1 Å². The fraction of sp³-hybridized carbons (Fsp3) is 0.350. The summed E-state index contributed by atoms with van der Waals surface area (Å²) < 4.78 is 19.7. The first kappa shape index (κ1) is 20.2. The van der Waals surface area contributed by atoms with Gasteiger partial charge in [-0.05, 0) is 53.8 Å². The zero-order valence-corrected chi connectivity index (χ0v) is 15.8. The quantitative estimate of drug-likeness (QED) is 0.881. The molecule has 2 aromatic carbocycles. The summed E-state index contributed by atoms with van der Waals surface area (Å²) in [7, 11) is 1.60. The molecule has 3 rings (SSSR count). The highest BCUT2D eigenvalue weighted by atomic mass is 35.5. The van der Waals surface area contributed by atoms with Gasteiger partial charge < -0.3 is 15.4 Å². The van der Waals surface area contributed by atoms with Gasteiger partial charge in [0.1, 0.15) is 11.6 Å². The Morgan fingerprint density at radius 2 is 1.88 bits per heavy atom. The average molecular weight is 379 g/mol. The van der Waals surface area contributed by atoms with Crippen LogP contribution in [0.3, 0.4) is 0 Å². The Hall–Kier alpha value is -2.11. The van der Waals surface area contributed by atoms with Crippen LogP contribution in [0, 0.1) is 11.2 Å². The largest absolute Gasteiger partial charge is 0.497 e. The van der Waals surface area contributed by atoms with Crippen molar-refractivity contribution in [2.75, 3.05) is 26.7 Å². The third-order valence-corrected chi connectivity index (χ3v) is 4.96. The molecule has 0 spiro atoms. The molecule has 1 amide bonds. The molecule has 0 aromatic heterocycles. The highest BCUT2D eigenvalue weighted by Crippen LogP contribution is 2.30. The number of carbonyl (C=O) groups excluding carboxylic acids is 1. The third kappa shape index (κ3) is 4.00. The van der Waals surface area contributed by atoms with Gasteiger partial charge in [0.05, 0.1) is 12.7 Å². The second-order valence-electron chi connectivity index (χ2n) is 6.91. The molecule has 0 bridgehead atoms. The molecule has 1 aliphatic heterocycles. The van der Waals surface area contributed by atoms with Crippen LogP contribution in [0.2, 0.25) is 0 Å². The zero-order valence-electron chi connectivity index (χ0n) is 15.0. The number of nitrogens with zero attached hydrogens (tertiary/aromatic N) is 1. The number of rotatable bonds is 4. The monoisotopic (exact) mass is 378 g/mol. The maximum Gasteiger partial charge on any atom is 0.256 e. The van der Waals surface area contributed by atoms with Gasteiger partial charge in [-0.15, -0.1) is 12.4 Å². The van der Waals surface area contributed by atoms with E-state index in [0.717, 1.165) is 23.3 Å². The Bertz CT molecular complexity index is 782. The summed E-state index contributed by atoms with van der Waals surface area (Å²) >= 11 is 0. The lowest BCUT2D eigenvalue weighted by Crippen LogP contribution is -2.34. The molecule has 6 heteroatoms. The molecule has 1 unspecified atom stereocenters. The van der Waals surface area contributed by atoms with Crippen molar-refractivity contribution in [2.45, 2.75) is 13.3 Å². The Morgan fingerprint density at radius 1 is 1.23 bits per heavy atom. The first-order valence-electron chi connectivity index (χ1n) is 8.39. The van der Waals surface area contributed by atoms with Crippen molar-refractivity contribution in [3.05, 3.63) is 53.8 Å². The van der Waals surface area contributed by atoms with Gasteiger partial charge in [-0.2, -0.15) is 0 Å². The van der Waals surface area contributed by atoms with Gasteiger partial charge in [-0.25, -0.2) is 4.39 Å². The molecular formula is C20H24ClFN2O2. The third-order valence-electron chi connectivity index (χ3n) is 4.96. The number of hydrogen-bond donors (Lipinski definition) is 1. The number of carbonyl (C=O) groups is 1. The van der Waals surface area contributed by atoms with Crippen molar-refractivity contribution < 1.29 is 13.9 Å². The summed E-state index contributed by atoms with van der Waals surface area (Å²) in [5.74, 6) is -0.0244. The molecule has 1 fully saturated rings. The lowest BCUT2D eigenvalue weighted by atomic mass is 9.90. The van der Waals surface area contributed by atoms with Crippen molar-refractivity contribution in [1.29, 1.82) is 0 Å². The van der Waals surface area contributed by atoms with Crippen LogP contribution in [0.1, 0.15) is 23.7 Å².